The van der Waals surface area contributed by atoms with Crippen molar-refractivity contribution in [2.24, 2.45) is 11.8 Å². The number of piperidine rings is 1. The van der Waals surface area contributed by atoms with E-state index >= 15 is 0 Å². The molecule has 0 aromatic carbocycles. The van der Waals surface area contributed by atoms with E-state index in [2.05, 4.69) is 11.8 Å². The summed E-state index contributed by atoms with van der Waals surface area (Å²) in [6.07, 6.45) is 3.93. The zero-order valence-electron chi connectivity index (χ0n) is 10.6. The summed E-state index contributed by atoms with van der Waals surface area (Å²) in [6, 6.07) is 0.410. The predicted octanol–water partition coefficient (Wildman–Crippen LogP) is 1.60. The van der Waals surface area contributed by atoms with Gasteiger partial charge in [-0.1, -0.05) is 0 Å². The molecular formula is C13H23NO3. The van der Waals surface area contributed by atoms with Crippen LogP contribution in [0.2, 0.25) is 0 Å². The Morgan fingerprint density at radius 3 is 2.65 bits per heavy atom. The molecule has 0 bridgehead atoms. The lowest BCUT2D eigenvalue weighted by Gasteiger charge is -2.39. The van der Waals surface area contributed by atoms with Crippen LogP contribution in [0.25, 0.3) is 0 Å². The van der Waals surface area contributed by atoms with Gasteiger partial charge in [-0.05, 0) is 45.1 Å². The summed E-state index contributed by atoms with van der Waals surface area (Å²) in [4.78, 5) is 13.4. The molecule has 0 saturated carbocycles. The number of hydrogen-bond acceptors (Lipinski definition) is 3. The lowest BCUT2D eigenvalue weighted by molar-refractivity contribution is -0.144. The maximum atomic E-state index is 11.0. The third kappa shape index (κ3) is 3.42. The van der Waals surface area contributed by atoms with Crippen molar-refractivity contribution >= 4 is 5.97 Å². The Labute approximate surface area is 103 Å². The van der Waals surface area contributed by atoms with Crippen LogP contribution < -0.4 is 0 Å². The number of ether oxygens (including phenoxy) is 1. The van der Waals surface area contributed by atoms with Crippen molar-refractivity contribution in [3.05, 3.63) is 0 Å². The molecule has 0 radical (unpaired) electrons. The Balaban J connectivity index is 1.80. The van der Waals surface area contributed by atoms with Gasteiger partial charge >= 0.3 is 5.97 Å². The molecule has 2 unspecified atom stereocenters. The Hall–Kier alpha value is -0.610. The minimum Gasteiger partial charge on any atom is -0.481 e. The zero-order valence-corrected chi connectivity index (χ0v) is 10.6. The lowest BCUT2D eigenvalue weighted by Crippen LogP contribution is -2.45. The van der Waals surface area contributed by atoms with Gasteiger partial charge in [-0.25, -0.2) is 0 Å². The fraction of sp³-hybridized carbons (Fsp3) is 0.923. The summed E-state index contributed by atoms with van der Waals surface area (Å²) in [5, 5.41) is 9.03. The summed E-state index contributed by atoms with van der Waals surface area (Å²) in [7, 11) is 0. The Kier molecular flexibility index (Phi) is 4.40. The summed E-state index contributed by atoms with van der Waals surface area (Å²) in [5.74, 6) is -0.00826. The van der Waals surface area contributed by atoms with Gasteiger partial charge in [-0.3, -0.25) is 4.79 Å². The number of carbonyl (C=O) groups is 1. The minimum absolute atomic E-state index is 0.129. The van der Waals surface area contributed by atoms with E-state index in [0.717, 1.165) is 57.9 Å². The van der Waals surface area contributed by atoms with Gasteiger partial charge in [0.15, 0.2) is 0 Å². The highest BCUT2D eigenvalue weighted by molar-refractivity contribution is 5.70. The van der Waals surface area contributed by atoms with Crippen molar-refractivity contribution in [1.29, 1.82) is 0 Å². The van der Waals surface area contributed by atoms with Gasteiger partial charge in [0.25, 0.3) is 0 Å². The summed E-state index contributed by atoms with van der Waals surface area (Å²) < 4.78 is 5.37. The quantitative estimate of drug-likeness (QED) is 0.815. The standard InChI is InChI=1S/C13H23NO3/c1-10-8-12(13(15)16)2-5-14(10)9-11-3-6-17-7-4-11/h10-12H,2-9H2,1H3,(H,15,16). The van der Waals surface area contributed by atoms with E-state index < -0.39 is 5.97 Å². The maximum absolute atomic E-state index is 11.0. The van der Waals surface area contributed by atoms with Crippen molar-refractivity contribution in [1.82, 2.24) is 4.90 Å². The van der Waals surface area contributed by atoms with Gasteiger partial charge in [0.05, 0.1) is 5.92 Å². The first-order chi connectivity index (χ1) is 8.16. The molecule has 0 amide bonds. The molecule has 2 fully saturated rings. The second-order valence-electron chi connectivity index (χ2n) is 5.46. The minimum atomic E-state index is -0.623. The third-order valence-electron chi connectivity index (χ3n) is 4.20. The summed E-state index contributed by atoms with van der Waals surface area (Å²) in [5.41, 5.74) is 0. The SMILES string of the molecule is CC1CC(C(=O)O)CCN1CC1CCOCC1. The van der Waals surface area contributed by atoms with Crippen LogP contribution in [0.15, 0.2) is 0 Å². The number of rotatable bonds is 3. The van der Waals surface area contributed by atoms with Crippen LogP contribution in [0.5, 0.6) is 0 Å². The molecule has 98 valence electrons. The first-order valence-corrected chi connectivity index (χ1v) is 6.71. The normalized spacial score (nSPS) is 32.5. The highest BCUT2D eigenvalue weighted by atomic mass is 16.5. The fourth-order valence-electron chi connectivity index (χ4n) is 2.98. The zero-order chi connectivity index (χ0) is 12.3. The molecule has 0 aromatic heterocycles. The number of nitrogens with zero attached hydrogens (tertiary/aromatic N) is 1. The summed E-state index contributed by atoms with van der Waals surface area (Å²) >= 11 is 0. The Bertz CT molecular complexity index is 263. The molecule has 4 heteroatoms. The molecule has 4 nitrogen and oxygen atoms in total. The summed E-state index contributed by atoms with van der Waals surface area (Å²) in [6.45, 7) is 6.01. The molecule has 0 spiro atoms. The van der Waals surface area contributed by atoms with Gasteiger partial charge in [0.2, 0.25) is 0 Å². The lowest BCUT2D eigenvalue weighted by atomic mass is 9.90. The topological polar surface area (TPSA) is 49.8 Å². The molecule has 2 atom stereocenters. The van der Waals surface area contributed by atoms with E-state index in [1.165, 1.54) is 0 Å². The number of carboxylic acid groups (broad SMARTS) is 1. The van der Waals surface area contributed by atoms with Crippen LogP contribution in [0.4, 0.5) is 0 Å². The van der Waals surface area contributed by atoms with E-state index in [0.29, 0.717) is 6.04 Å². The molecule has 0 aromatic rings. The molecule has 2 aliphatic rings. The van der Waals surface area contributed by atoms with Crippen LogP contribution in [0.1, 0.15) is 32.6 Å². The van der Waals surface area contributed by atoms with Crippen LogP contribution in [0, 0.1) is 11.8 Å². The Morgan fingerprint density at radius 2 is 2.06 bits per heavy atom. The van der Waals surface area contributed by atoms with E-state index in [1.54, 1.807) is 0 Å². The van der Waals surface area contributed by atoms with E-state index in [9.17, 15) is 4.79 Å². The van der Waals surface area contributed by atoms with Crippen molar-refractivity contribution in [3.8, 4) is 0 Å². The van der Waals surface area contributed by atoms with Crippen LogP contribution in [0.3, 0.4) is 0 Å². The largest absolute Gasteiger partial charge is 0.481 e. The van der Waals surface area contributed by atoms with Gasteiger partial charge < -0.3 is 14.7 Å². The second kappa shape index (κ2) is 5.83. The number of likely N-dealkylation sites (tertiary alicyclic amines) is 1. The second-order valence-corrected chi connectivity index (χ2v) is 5.46. The highest BCUT2D eigenvalue weighted by Crippen LogP contribution is 2.25. The molecule has 0 aliphatic carbocycles. The smallest absolute Gasteiger partial charge is 0.306 e. The van der Waals surface area contributed by atoms with Crippen LogP contribution in [-0.4, -0.2) is 48.3 Å². The van der Waals surface area contributed by atoms with Crippen molar-refractivity contribution in [2.45, 2.75) is 38.6 Å². The number of carboxylic acids is 1. The average molecular weight is 241 g/mol. The van der Waals surface area contributed by atoms with E-state index in [4.69, 9.17) is 9.84 Å². The molecule has 2 heterocycles. The van der Waals surface area contributed by atoms with Gasteiger partial charge in [-0.2, -0.15) is 0 Å². The van der Waals surface area contributed by atoms with Gasteiger partial charge in [0.1, 0.15) is 0 Å². The Morgan fingerprint density at radius 1 is 1.35 bits per heavy atom. The monoisotopic (exact) mass is 241 g/mol. The van der Waals surface area contributed by atoms with Crippen LogP contribution >= 0.6 is 0 Å². The van der Waals surface area contributed by atoms with Gasteiger partial charge in [0, 0.05) is 25.8 Å². The number of aliphatic carboxylic acids is 1. The fourth-order valence-corrected chi connectivity index (χ4v) is 2.98. The molecule has 2 aliphatic heterocycles. The van der Waals surface area contributed by atoms with Crippen molar-refractivity contribution in [3.63, 3.8) is 0 Å². The molecule has 1 N–H and O–H groups in total. The van der Waals surface area contributed by atoms with E-state index in [1.807, 2.05) is 0 Å². The predicted molar refractivity (Wildman–Crippen MR) is 64.9 cm³/mol. The van der Waals surface area contributed by atoms with Crippen molar-refractivity contribution in [2.75, 3.05) is 26.3 Å². The first kappa shape index (κ1) is 12.8. The average Bonchev–Trinajstić information content (AvgIpc) is 2.33. The molecule has 2 saturated heterocycles. The maximum Gasteiger partial charge on any atom is 0.306 e. The first-order valence-electron chi connectivity index (χ1n) is 6.71. The highest BCUT2D eigenvalue weighted by Gasteiger charge is 2.30. The van der Waals surface area contributed by atoms with Gasteiger partial charge in [-0.15, -0.1) is 0 Å². The van der Waals surface area contributed by atoms with Crippen molar-refractivity contribution < 1.29 is 14.6 Å². The number of hydrogen-bond donors (Lipinski definition) is 1. The van der Waals surface area contributed by atoms with Crippen LogP contribution in [-0.2, 0) is 9.53 Å². The molecular weight excluding hydrogens is 218 g/mol. The molecule has 17 heavy (non-hydrogen) atoms. The molecule has 2 rings (SSSR count). The third-order valence-corrected chi connectivity index (χ3v) is 4.20. The van der Waals surface area contributed by atoms with E-state index in [-0.39, 0.29) is 5.92 Å².